The van der Waals surface area contributed by atoms with Crippen molar-refractivity contribution in [1.29, 1.82) is 0 Å². The smallest absolute Gasteiger partial charge is 0.293 e. The predicted octanol–water partition coefficient (Wildman–Crippen LogP) is 3.57. The van der Waals surface area contributed by atoms with E-state index in [1.165, 1.54) is 6.07 Å². The third-order valence-electron chi connectivity index (χ3n) is 4.69. The number of carbonyl (C=O) groups is 1. The molecule has 1 aliphatic heterocycles. The molecule has 0 radical (unpaired) electrons. The molecule has 10 heteroatoms. The lowest BCUT2D eigenvalue weighted by Gasteiger charge is -2.30. The molecule has 2 unspecified atom stereocenters. The highest BCUT2D eigenvalue weighted by molar-refractivity contribution is 5.96. The highest BCUT2D eigenvalue weighted by Crippen LogP contribution is 2.29. The first kappa shape index (κ1) is 24.6. The minimum absolute atomic E-state index is 0. The van der Waals surface area contributed by atoms with E-state index in [2.05, 4.69) is 10.3 Å². The molecule has 29 heavy (non-hydrogen) atoms. The molecule has 1 aromatic heterocycles. The third kappa shape index (κ3) is 6.03. The number of benzene rings is 1. The molecule has 1 fully saturated rings. The molecule has 0 spiro atoms. The zero-order valence-electron chi connectivity index (χ0n) is 16.0. The van der Waals surface area contributed by atoms with Gasteiger partial charge in [0.1, 0.15) is 5.69 Å². The van der Waals surface area contributed by atoms with Gasteiger partial charge in [-0.25, -0.2) is 0 Å². The SMILES string of the molecule is CC(Nc1ccc(C(=O)N2CCCC(N)C2)cc1[N+](=O)[O-])c1ccccn1.Cl.Cl. The second-order valence-corrected chi connectivity index (χ2v) is 6.76. The summed E-state index contributed by atoms with van der Waals surface area (Å²) in [6.45, 7) is 2.97. The molecular formula is C19H25Cl2N5O3. The van der Waals surface area contributed by atoms with E-state index in [0.29, 0.717) is 24.3 Å². The number of nitro benzene ring substituents is 1. The molecule has 1 aliphatic rings. The van der Waals surface area contributed by atoms with Gasteiger partial charge in [-0.1, -0.05) is 6.07 Å². The number of pyridine rings is 1. The zero-order valence-corrected chi connectivity index (χ0v) is 17.6. The number of nitrogens with one attached hydrogen (secondary N) is 1. The van der Waals surface area contributed by atoms with Crippen molar-refractivity contribution in [3.63, 3.8) is 0 Å². The van der Waals surface area contributed by atoms with Gasteiger partial charge in [0, 0.05) is 37.0 Å². The maximum atomic E-state index is 12.7. The molecule has 0 saturated carbocycles. The van der Waals surface area contributed by atoms with Gasteiger partial charge < -0.3 is 16.0 Å². The van der Waals surface area contributed by atoms with Crippen molar-refractivity contribution in [3.05, 3.63) is 64.0 Å². The van der Waals surface area contributed by atoms with Crippen molar-refractivity contribution in [2.75, 3.05) is 18.4 Å². The Kier molecular flexibility index (Phi) is 9.29. The minimum atomic E-state index is -0.480. The van der Waals surface area contributed by atoms with Crippen LogP contribution in [-0.4, -0.2) is 39.8 Å². The van der Waals surface area contributed by atoms with Gasteiger partial charge >= 0.3 is 0 Å². The number of amides is 1. The molecule has 2 atom stereocenters. The van der Waals surface area contributed by atoms with Crippen molar-refractivity contribution in [2.24, 2.45) is 5.73 Å². The number of hydrogen-bond acceptors (Lipinski definition) is 6. The monoisotopic (exact) mass is 441 g/mol. The minimum Gasteiger partial charge on any atom is -0.371 e. The van der Waals surface area contributed by atoms with E-state index in [1.54, 1.807) is 23.2 Å². The number of rotatable bonds is 5. The average molecular weight is 442 g/mol. The van der Waals surface area contributed by atoms with Crippen LogP contribution in [0.15, 0.2) is 42.6 Å². The van der Waals surface area contributed by atoms with Crippen LogP contribution in [0.4, 0.5) is 11.4 Å². The molecule has 0 aliphatic carbocycles. The first-order valence-electron chi connectivity index (χ1n) is 8.96. The highest BCUT2D eigenvalue weighted by atomic mass is 35.5. The second-order valence-electron chi connectivity index (χ2n) is 6.76. The topological polar surface area (TPSA) is 114 Å². The largest absolute Gasteiger partial charge is 0.371 e. The van der Waals surface area contributed by atoms with E-state index < -0.39 is 4.92 Å². The van der Waals surface area contributed by atoms with Crippen LogP contribution in [0.3, 0.4) is 0 Å². The van der Waals surface area contributed by atoms with Crippen molar-refractivity contribution in [3.8, 4) is 0 Å². The Morgan fingerprint density at radius 3 is 2.72 bits per heavy atom. The summed E-state index contributed by atoms with van der Waals surface area (Å²) >= 11 is 0. The summed E-state index contributed by atoms with van der Waals surface area (Å²) < 4.78 is 0. The molecule has 1 amide bonds. The van der Waals surface area contributed by atoms with E-state index in [0.717, 1.165) is 18.5 Å². The van der Waals surface area contributed by atoms with Gasteiger partial charge in [-0.05, 0) is 44.0 Å². The molecule has 3 N–H and O–H groups in total. The summed E-state index contributed by atoms with van der Waals surface area (Å²) in [4.78, 5) is 29.7. The lowest BCUT2D eigenvalue weighted by Crippen LogP contribution is -2.45. The number of hydrogen-bond donors (Lipinski definition) is 2. The van der Waals surface area contributed by atoms with Crippen LogP contribution in [0, 0.1) is 10.1 Å². The fraction of sp³-hybridized carbons (Fsp3) is 0.368. The van der Waals surface area contributed by atoms with Gasteiger partial charge in [0.2, 0.25) is 0 Å². The van der Waals surface area contributed by atoms with Crippen molar-refractivity contribution >= 4 is 42.1 Å². The van der Waals surface area contributed by atoms with Crippen LogP contribution in [0.5, 0.6) is 0 Å². The van der Waals surface area contributed by atoms with Gasteiger partial charge in [0.15, 0.2) is 0 Å². The van der Waals surface area contributed by atoms with E-state index >= 15 is 0 Å². The number of aromatic nitrogens is 1. The molecular weight excluding hydrogens is 417 g/mol. The highest BCUT2D eigenvalue weighted by Gasteiger charge is 2.25. The maximum Gasteiger partial charge on any atom is 0.293 e. The van der Waals surface area contributed by atoms with Crippen LogP contribution in [-0.2, 0) is 0 Å². The fourth-order valence-corrected chi connectivity index (χ4v) is 3.25. The standard InChI is InChI=1S/C19H23N5O3.2ClH/c1-13(16-6-2-3-9-21-16)22-17-8-7-14(11-18(17)24(26)27)19(25)23-10-4-5-15(20)12-23;;/h2-3,6-9,11,13,15,22H,4-5,10,12,20H2,1H3;2*1H. The Balaban J connectivity index is 0.00000210. The Hall–Kier alpha value is -2.42. The number of anilines is 1. The first-order valence-corrected chi connectivity index (χ1v) is 8.96. The number of nitrogens with zero attached hydrogens (tertiary/aromatic N) is 3. The predicted molar refractivity (Wildman–Crippen MR) is 117 cm³/mol. The number of nitrogens with two attached hydrogens (primary N) is 1. The van der Waals surface area contributed by atoms with E-state index in [1.807, 2.05) is 25.1 Å². The molecule has 1 aromatic carbocycles. The molecule has 0 bridgehead atoms. The molecule has 2 aromatic rings. The van der Waals surface area contributed by atoms with Crippen LogP contribution in [0.25, 0.3) is 0 Å². The van der Waals surface area contributed by atoms with Crippen LogP contribution in [0.2, 0.25) is 0 Å². The average Bonchev–Trinajstić information content (AvgIpc) is 2.68. The van der Waals surface area contributed by atoms with Crippen LogP contribution >= 0.6 is 24.8 Å². The third-order valence-corrected chi connectivity index (χ3v) is 4.69. The van der Waals surface area contributed by atoms with Gasteiger partial charge in [0.05, 0.1) is 16.7 Å². The quantitative estimate of drug-likeness (QED) is 0.541. The number of piperidine rings is 1. The van der Waals surface area contributed by atoms with E-state index in [-0.39, 0.29) is 48.5 Å². The van der Waals surface area contributed by atoms with Crippen molar-refractivity contribution in [1.82, 2.24) is 9.88 Å². The summed E-state index contributed by atoms with van der Waals surface area (Å²) in [7, 11) is 0. The zero-order chi connectivity index (χ0) is 19.4. The molecule has 2 heterocycles. The summed E-state index contributed by atoms with van der Waals surface area (Å²) in [5, 5.41) is 14.7. The second kappa shape index (κ2) is 10.9. The summed E-state index contributed by atoms with van der Waals surface area (Å²) in [6, 6.07) is 9.78. The Labute approximate surface area is 181 Å². The van der Waals surface area contributed by atoms with Crippen molar-refractivity contribution in [2.45, 2.75) is 31.8 Å². The molecule has 158 valence electrons. The summed E-state index contributed by atoms with van der Waals surface area (Å²) in [5.41, 5.74) is 7.22. The normalized spacial score (nSPS) is 16.8. The number of nitro groups is 1. The van der Waals surface area contributed by atoms with Crippen molar-refractivity contribution < 1.29 is 9.72 Å². The summed E-state index contributed by atoms with van der Waals surface area (Å²) in [5.74, 6) is -0.224. The van der Waals surface area contributed by atoms with Crippen LogP contribution < -0.4 is 11.1 Å². The first-order chi connectivity index (χ1) is 13.0. The Morgan fingerprint density at radius 1 is 1.34 bits per heavy atom. The van der Waals surface area contributed by atoms with Gasteiger partial charge in [0.25, 0.3) is 11.6 Å². The van der Waals surface area contributed by atoms with E-state index in [4.69, 9.17) is 5.73 Å². The summed E-state index contributed by atoms with van der Waals surface area (Å²) in [6.07, 6.45) is 3.40. The lowest BCUT2D eigenvalue weighted by atomic mass is 10.0. The van der Waals surface area contributed by atoms with E-state index in [9.17, 15) is 14.9 Å². The maximum absolute atomic E-state index is 12.7. The van der Waals surface area contributed by atoms with Gasteiger partial charge in [-0.3, -0.25) is 19.9 Å². The Bertz CT molecular complexity index is 838. The lowest BCUT2D eigenvalue weighted by molar-refractivity contribution is -0.384. The number of carbonyl (C=O) groups excluding carboxylic acids is 1. The fourth-order valence-electron chi connectivity index (χ4n) is 3.25. The molecule has 1 saturated heterocycles. The number of halogens is 2. The Morgan fingerprint density at radius 2 is 2.10 bits per heavy atom. The van der Waals surface area contributed by atoms with Gasteiger partial charge in [-0.2, -0.15) is 0 Å². The molecule has 8 nitrogen and oxygen atoms in total. The van der Waals surface area contributed by atoms with Gasteiger partial charge in [-0.15, -0.1) is 24.8 Å². The number of likely N-dealkylation sites (tertiary alicyclic amines) is 1. The molecule has 3 rings (SSSR count). The van der Waals surface area contributed by atoms with Crippen LogP contribution in [0.1, 0.15) is 41.9 Å².